The van der Waals surface area contributed by atoms with Crippen molar-refractivity contribution in [3.63, 3.8) is 0 Å². The first-order valence-electron chi connectivity index (χ1n) is 11.4. The smallest absolute Gasteiger partial charge is 0.252 e. The predicted octanol–water partition coefficient (Wildman–Crippen LogP) is 3.05. The van der Waals surface area contributed by atoms with E-state index in [1.165, 1.54) is 0 Å². The Kier molecular flexibility index (Phi) is 6.28. The van der Waals surface area contributed by atoms with Gasteiger partial charge in [0.05, 0.1) is 19.2 Å². The molecule has 170 valence electrons. The average molecular weight is 445 g/mol. The highest BCUT2D eigenvalue weighted by Gasteiger charge is 2.22. The second-order valence-corrected chi connectivity index (χ2v) is 8.76. The number of H-pyrrole nitrogens is 1. The van der Waals surface area contributed by atoms with Gasteiger partial charge in [0.15, 0.2) is 5.82 Å². The Bertz CT molecular complexity index is 1280. The van der Waals surface area contributed by atoms with Gasteiger partial charge in [0.1, 0.15) is 0 Å². The summed E-state index contributed by atoms with van der Waals surface area (Å²) in [5, 5.41) is 13.4. The zero-order valence-corrected chi connectivity index (χ0v) is 18.8. The molecule has 0 spiro atoms. The molecule has 8 heteroatoms. The molecular formula is C25H28N6O2. The van der Waals surface area contributed by atoms with Crippen LogP contribution in [0.25, 0.3) is 10.9 Å². The van der Waals surface area contributed by atoms with E-state index in [2.05, 4.69) is 49.7 Å². The van der Waals surface area contributed by atoms with Gasteiger partial charge >= 0.3 is 0 Å². The molecule has 2 aromatic heterocycles. The van der Waals surface area contributed by atoms with Gasteiger partial charge < -0.3 is 9.72 Å². The summed E-state index contributed by atoms with van der Waals surface area (Å²) >= 11 is 0. The maximum atomic E-state index is 12.9. The minimum Gasteiger partial charge on any atom is -0.377 e. The number of nitrogens with zero attached hydrogens (tertiary/aromatic N) is 5. The third-order valence-electron chi connectivity index (χ3n) is 6.10. The van der Waals surface area contributed by atoms with E-state index in [-0.39, 0.29) is 11.7 Å². The van der Waals surface area contributed by atoms with E-state index in [0.29, 0.717) is 19.6 Å². The van der Waals surface area contributed by atoms with Crippen LogP contribution in [0.5, 0.6) is 0 Å². The summed E-state index contributed by atoms with van der Waals surface area (Å²) in [5.74, 6) is 0.768. The molecule has 1 aliphatic heterocycles. The fourth-order valence-corrected chi connectivity index (χ4v) is 4.40. The molecule has 3 heterocycles. The van der Waals surface area contributed by atoms with Crippen molar-refractivity contribution in [1.82, 2.24) is 30.1 Å². The minimum atomic E-state index is -0.0608. The highest BCUT2D eigenvalue weighted by molar-refractivity contribution is 5.79. The molecule has 1 N–H and O–H groups in total. The molecule has 8 nitrogen and oxygen atoms in total. The number of nitrogens with one attached hydrogen (secondary N) is 1. The topological polar surface area (TPSA) is 88.9 Å². The van der Waals surface area contributed by atoms with Crippen molar-refractivity contribution in [2.45, 2.75) is 45.5 Å². The SMILES string of the molecule is Cc1ccc2cc(CN(Cc3nnnn3Cc3ccccc3)CC3CCCO3)c(=O)[nH]c2c1. The normalized spacial score (nSPS) is 16.1. The van der Waals surface area contributed by atoms with Gasteiger partial charge in [-0.1, -0.05) is 42.5 Å². The van der Waals surface area contributed by atoms with Crippen molar-refractivity contribution in [1.29, 1.82) is 0 Å². The highest BCUT2D eigenvalue weighted by Crippen LogP contribution is 2.18. The van der Waals surface area contributed by atoms with Crippen LogP contribution in [-0.2, 0) is 24.4 Å². The first-order chi connectivity index (χ1) is 16.1. The monoisotopic (exact) mass is 444 g/mol. The fraction of sp³-hybridized carbons (Fsp3) is 0.360. The Morgan fingerprint density at radius 2 is 2.03 bits per heavy atom. The van der Waals surface area contributed by atoms with E-state index < -0.39 is 0 Å². The van der Waals surface area contributed by atoms with Crippen molar-refractivity contribution in [3.8, 4) is 0 Å². The zero-order valence-electron chi connectivity index (χ0n) is 18.8. The number of tetrazole rings is 1. The number of aromatic nitrogens is 5. The quantitative estimate of drug-likeness (QED) is 0.449. The number of aromatic amines is 1. The number of pyridine rings is 1. The Morgan fingerprint density at radius 3 is 2.85 bits per heavy atom. The maximum absolute atomic E-state index is 12.9. The number of aryl methyl sites for hydroxylation is 1. The van der Waals surface area contributed by atoms with Gasteiger partial charge in [-0.2, -0.15) is 0 Å². The molecule has 0 amide bonds. The van der Waals surface area contributed by atoms with Gasteiger partial charge in [0, 0.05) is 30.8 Å². The number of benzene rings is 2. The summed E-state index contributed by atoms with van der Waals surface area (Å²) in [6, 6.07) is 18.2. The maximum Gasteiger partial charge on any atom is 0.252 e. The fourth-order valence-electron chi connectivity index (χ4n) is 4.40. The standard InChI is InChI=1S/C25H28N6O2/c1-18-9-10-20-13-21(25(32)26-23(20)12-18)15-30(16-22-8-5-11-33-22)17-24-27-28-29-31(24)14-19-6-3-2-4-7-19/h2-4,6-7,9-10,12-13,22H,5,8,11,14-17H2,1H3,(H,26,32). The molecule has 1 unspecified atom stereocenters. The van der Waals surface area contributed by atoms with Crippen LogP contribution >= 0.6 is 0 Å². The Morgan fingerprint density at radius 1 is 1.15 bits per heavy atom. The van der Waals surface area contributed by atoms with E-state index in [4.69, 9.17) is 4.74 Å². The molecule has 1 atom stereocenters. The molecule has 1 saturated heterocycles. The Balaban J connectivity index is 1.40. The van der Waals surface area contributed by atoms with Gasteiger partial charge in [-0.15, -0.1) is 5.10 Å². The number of hydrogen-bond acceptors (Lipinski definition) is 6. The van der Waals surface area contributed by atoms with Crippen molar-refractivity contribution >= 4 is 10.9 Å². The van der Waals surface area contributed by atoms with Gasteiger partial charge in [-0.25, -0.2) is 4.68 Å². The first kappa shape index (κ1) is 21.5. The van der Waals surface area contributed by atoms with Crippen LogP contribution in [0.4, 0.5) is 0 Å². The molecule has 0 radical (unpaired) electrons. The van der Waals surface area contributed by atoms with Gasteiger partial charge in [-0.3, -0.25) is 9.69 Å². The Hall–Kier alpha value is -3.36. The van der Waals surface area contributed by atoms with E-state index >= 15 is 0 Å². The lowest BCUT2D eigenvalue weighted by Crippen LogP contribution is -2.34. The third kappa shape index (κ3) is 5.18. The van der Waals surface area contributed by atoms with Crippen LogP contribution < -0.4 is 5.56 Å². The number of hydrogen-bond donors (Lipinski definition) is 1. The van der Waals surface area contributed by atoms with Crippen LogP contribution in [-0.4, -0.2) is 49.3 Å². The van der Waals surface area contributed by atoms with Crippen LogP contribution in [0.3, 0.4) is 0 Å². The van der Waals surface area contributed by atoms with Crippen molar-refractivity contribution in [2.24, 2.45) is 0 Å². The third-order valence-corrected chi connectivity index (χ3v) is 6.10. The molecule has 4 aromatic rings. The Labute approximate surface area is 192 Å². The number of ether oxygens (including phenoxy) is 1. The second-order valence-electron chi connectivity index (χ2n) is 8.76. The lowest BCUT2D eigenvalue weighted by atomic mass is 10.1. The van der Waals surface area contributed by atoms with Crippen LogP contribution in [0.15, 0.2) is 59.4 Å². The van der Waals surface area contributed by atoms with Crippen molar-refractivity contribution < 1.29 is 4.74 Å². The van der Waals surface area contributed by atoms with E-state index in [9.17, 15) is 4.79 Å². The number of rotatable bonds is 8. The first-order valence-corrected chi connectivity index (χ1v) is 11.4. The summed E-state index contributed by atoms with van der Waals surface area (Å²) in [7, 11) is 0. The molecular weight excluding hydrogens is 416 g/mol. The van der Waals surface area contributed by atoms with Gasteiger partial charge in [0.2, 0.25) is 0 Å². The molecule has 1 fully saturated rings. The van der Waals surface area contributed by atoms with E-state index in [1.54, 1.807) is 0 Å². The van der Waals surface area contributed by atoms with Gasteiger partial charge in [0.25, 0.3) is 5.56 Å². The summed E-state index contributed by atoms with van der Waals surface area (Å²) in [4.78, 5) is 18.1. The largest absolute Gasteiger partial charge is 0.377 e. The van der Waals surface area contributed by atoms with E-state index in [1.807, 2.05) is 41.9 Å². The zero-order chi connectivity index (χ0) is 22.6. The van der Waals surface area contributed by atoms with E-state index in [0.717, 1.165) is 59.4 Å². The molecule has 1 aliphatic rings. The lowest BCUT2D eigenvalue weighted by Gasteiger charge is -2.24. The average Bonchev–Trinajstić information content (AvgIpc) is 3.47. The molecule has 0 aliphatic carbocycles. The van der Waals surface area contributed by atoms with Crippen LogP contribution in [0, 0.1) is 6.92 Å². The lowest BCUT2D eigenvalue weighted by molar-refractivity contribution is 0.0663. The van der Waals surface area contributed by atoms with Crippen molar-refractivity contribution in [2.75, 3.05) is 13.2 Å². The molecule has 2 aromatic carbocycles. The summed E-state index contributed by atoms with van der Waals surface area (Å²) in [6.07, 6.45) is 2.25. The molecule has 0 bridgehead atoms. The van der Waals surface area contributed by atoms with Crippen LogP contribution in [0.2, 0.25) is 0 Å². The summed E-state index contributed by atoms with van der Waals surface area (Å²) in [5.41, 5.74) is 3.79. The molecule has 33 heavy (non-hydrogen) atoms. The number of fused-ring (bicyclic) bond motifs is 1. The second kappa shape index (κ2) is 9.64. The summed E-state index contributed by atoms with van der Waals surface area (Å²) in [6.45, 7) is 5.17. The van der Waals surface area contributed by atoms with Gasteiger partial charge in [-0.05, 0) is 58.8 Å². The summed E-state index contributed by atoms with van der Waals surface area (Å²) < 4.78 is 7.72. The van der Waals surface area contributed by atoms with Crippen molar-refractivity contribution in [3.05, 3.63) is 87.5 Å². The van der Waals surface area contributed by atoms with Crippen LogP contribution in [0.1, 0.15) is 35.4 Å². The minimum absolute atomic E-state index is 0.0608. The molecule has 0 saturated carbocycles. The predicted molar refractivity (Wildman–Crippen MR) is 126 cm³/mol. The highest BCUT2D eigenvalue weighted by atomic mass is 16.5. The molecule has 5 rings (SSSR count).